The Morgan fingerprint density at radius 1 is 1.07 bits per heavy atom. The van der Waals surface area contributed by atoms with Crippen LogP contribution in [0.15, 0.2) is 53.4 Å². The Bertz CT molecular complexity index is 1060. The van der Waals surface area contributed by atoms with Gasteiger partial charge >= 0.3 is 5.97 Å². The van der Waals surface area contributed by atoms with Crippen LogP contribution < -0.4 is 10.0 Å². The number of hydrogen-bond donors (Lipinski definition) is 2. The molecule has 1 atom stereocenters. The van der Waals surface area contributed by atoms with E-state index in [0.717, 1.165) is 0 Å². The predicted octanol–water partition coefficient (Wildman–Crippen LogP) is 2.43. The van der Waals surface area contributed by atoms with Crippen LogP contribution in [0.5, 0.6) is 0 Å². The van der Waals surface area contributed by atoms with Crippen LogP contribution in [0, 0.1) is 11.3 Å². The van der Waals surface area contributed by atoms with Gasteiger partial charge in [0.1, 0.15) is 0 Å². The maximum absolute atomic E-state index is 12.4. The first-order valence-corrected chi connectivity index (χ1v) is 10.2. The molecule has 152 valence electrons. The zero-order valence-electron chi connectivity index (χ0n) is 16.2. The molecule has 0 unspecified atom stereocenters. The van der Waals surface area contributed by atoms with E-state index >= 15 is 0 Å². The molecule has 1 amide bonds. The second kappa shape index (κ2) is 9.32. The Morgan fingerprint density at radius 3 is 2.41 bits per heavy atom. The lowest BCUT2D eigenvalue weighted by molar-refractivity contribution is -0.123. The van der Waals surface area contributed by atoms with Crippen LogP contribution in [0.25, 0.3) is 0 Å². The standard InChI is InChI=1S/C20H21N3O5S/c1-13(2)23-29(26,27)18-9-5-7-16(11-18)20(25)28-14(3)19(24)22-17-8-4-6-15(10-17)12-21/h4-11,13-14,23H,1-3H3,(H,22,24)/t14-/m1/s1. The van der Waals surface area contributed by atoms with Gasteiger partial charge < -0.3 is 10.1 Å². The number of nitrogens with one attached hydrogen (secondary N) is 2. The number of sulfonamides is 1. The Morgan fingerprint density at radius 2 is 1.76 bits per heavy atom. The molecule has 0 fully saturated rings. The fourth-order valence-corrected chi connectivity index (χ4v) is 3.66. The minimum atomic E-state index is -3.77. The molecule has 0 bridgehead atoms. The van der Waals surface area contributed by atoms with Crippen molar-refractivity contribution in [2.24, 2.45) is 0 Å². The first kappa shape index (κ1) is 22.1. The highest BCUT2D eigenvalue weighted by Gasteiger charge is 2.21. The summed E-state index contributed by atoms with van der Waals surface area (Å²) in [7, 11) is -3.77. The first-order chi connectivity index (χ1) is 13.6. The average molecular weight is 415 g/mol. The third-order valence-electron chi connectivity index (χ3n) is 3.68. The number of nitrogens with zero attached hydrogens (tertiary/aromatic N) is 1. The molecule has 0 saturated heterocycles. The molecule has 0 heterocycles. The molecule has 0 aliphatic carbocycles. The van der Waals surface area contributed by atoms with Gasteiger partial charge in [0.05, 0.1) is 22.1 Å². The van der Waals surface area contributed by atoms with E-state index in [1.807, 2.05) is 6.07 Å². The number of rotatable bonds is 7. The fourth-order valence-electron chi connectivity index (χ4n) is 2.36. The third kappa shape index (κ3) is 6.14. The number of anilines is 1. The van der Waals surface area contributed by atoms with Gasteiger partial charge in [0.2, 0.25) is 10.0 Å². The van der Waals surface area contributed by atoms with Crippen LogP contribution in [0.1, 0.15) is 36.7 Å². The normalized spacial score (nSPS) is 12.1. The quantitative estimate of drug-likeness (QED) is 0.669. The van der Waals surface area contributed by atoms with Crippen LogP contribution >= 0.6 is 0 Å². The zero-order valence-corrected chi connectivity index (χ0v) is 17.0. The van der Waals surface area contributed by atoms with Gasteiger partial charge in [0.15, 0.2) is 6.10 Å². The highest BCUT2D eigenvalue weighted by atomic mass is 32.2. The number of ether oxygens (including phenoxy) is 1. The molecule has 0 aromatic heterocycles. The Hall–Kier alpha value is -3.22. The molecular weight excluding hydrogens is 394 g/mol. The molecule has 0 saturated carbocycles. The number of hydrogen-bond acceptors (Lipinski definition) is 6. The van der Waals surface area contributed by atoms with Crippen molar-refractivity contribution >= 4 is 27.6 Å². The fraction of sp³-hybridized carbons (Fsp3) is 0.250. The Balaban J connectivity index is 2.08. The molecular formula is C20H21N3O5S. The van der Waals surface area contributed by atoms with Gasteiger partial charge in [0.25, 0.3) is 5.91 Å². The summed E-state index contributed by atoms with van der Waals surface area (Å²) >= 11 is 0. The molecule has 2 N–H and O–H groups in total. The largest absolute Gasteiger partial charge is 0.449 e. The van der Waals surface area contributed by atoms with Crippen molar-refractivity contribution < 1.29 is 22.7 Å². The summed E-state index contributed by atoms with van der Waals surface area (Å²) in [6.07, 6.45) is -1.14. The monoisotopic (exact) mass is 415 g/mol. The van der Waals surface area contributed by atoms with Gasteiger partial charge in [-0.25, -0.2) is 17.9 Å². The topological polar surface area (TPSA) is 125 Å². The maximum atomic E-state index is 12.4. The average Bonchev–Trinajstić information content (AvgIpc) is 2.67. The molecule has 0 aliphatic heterocycles. The van der Waals surface area contributed by atoms with Crippen molar-refractivity contribution in [3.63, 3.8) is 0 Å². The summed E-state index contributed by atoms with van der Waals surface area (Å²) in [4.78, 5) is 24.5. The molecule has 9 heteroatoms. The van der Waals surface area contributed by atoms with Crippen LogP contribution in [0.3, 0.4) is 0 Å². The smallest absolute Gasteiger partial charge is 0.338 e. The lowest BCUT2D eigenvalue weighted by Gasteiger charge is -2.14. The Labute approximate surface area is 169 Å². The minimum Gasteiger partial charge on any atom is -0.449 e. The van der Waals surface area contributed by atoms with Gasteiger partial charge in [-0.3, -0.25) is 4.79 Å². The van der Waals surface area contributed by atoms with Crippen LogP contribution in [0.2, 0.25) is 0 Å². The van der Waals surface area contributed by atoms with Crippen LogP contribution in [-0.4, -0.2) is 32.4 Å². The Kier molecular flexibility index (Phi) is 7.09. The van der Waals surface area contributed by atoms with E-state index in [4.69, 9.17) is 10.00 Å². The summed E-state index contributed by atoms with van der Waals surface area (Å²) in [6, 6.07) is 13.3. The maximum Gasteiger partial charge on any atom is 0.338 e. The van der Waals surface area contributed by atoms with Crippen LogP contribution in [-0.2, 0) is 19.6 Å². The highest BCUT2D eigenvalue weighted by Crippen LogP contribution is 2.15. The molecule has 0 spiro atoms. The minimum absolute atomic E-state index is 0.00255. The van der Waals surface area contributed by atoms with Crippen molar-refractivity contribution in [3.05, 3.63) is 59.7 Å². The molecule has 0 radical (unpaired) electrons. The van der Waals surface area contributed by atoms with E-state index in [1.165, 1.54) is 37.3 Å². The summed E-state index contributed by atoms with van der Waals surface area (Å²) in [5, 5.41) is 11.5. The van der Waals surface area contributed by atoms with Crippen molar-refractivity contribution in [2.75, 3.05) is 5.32 Å². The van der Waals surface area contributed by atoms with E-state index in [2.05, 4.69) is 10.0 Å². The summed E-state index contributed by atoms with van der Waals surface area (Å²) in [5.74, 6) is -1.42. The first-order valence-electron chi connectivity index (χ1n) is 8.77. The van der Waals surface area contributed by atoms with E-state index in [-0.39, 0.29) is 16.5 Å². The molecule has 2 rings (SSSR count). The molecule has 0 aliphatic rings. The van der Waals surface area contributed by atoms with Gasteiger partial charge in [0, 0.05) is 11.7 Å². The zero-order chi connectivity index (χ0) is 21.6. The lowest BCUT2D eigenvalue weighted by atomic mass is 10.2. The molecule has 29 heavy (non-hydrogen) atoms. The van der Waals surface area contributed by atoms with E-state index in [0.29, 0.717) is 11.3 Å². The lowest BCUT2D eigenvalue weighted by Crippen LogP contribution is -2.31. The summed E-state index contributed by atoms with van der Waals surface area (Å²) in [5.41, 5.74) is 0.771. The van der Waals surface area contributed by atoms with E-state index in [1.54, 1.807) is 32.0 Å². The molecule has 2 aromatic rings. The van der Waals surface area contributed by atoms with Gasteiger partial charge in [-0.15, -0.1) is 0 Å². The number of amides is 1. The number of benzene rings is 2. The van der Waals surface area contributed by atoms with Gasteiger partial charge in [-0.1, -0.05) is 12.1 Å². The molecule has 2 aromatic carbocycles. The SMILES string of the molecule is CC(C)NS(=O)(=O)c1cccc(C(=O)O[C@H](C)C(=O)Nc2cccc(C#N)c2)c1. The van der Waals surface area contributed by atoms with Crippen LogP contribution in [0.4, 0.5) is 5.69 Å². The van der Waals surface area contributed by atoms with Crippen molar-refractivity contribution in [2.45, 2.75) is 37.8 Å². The predicted molar refractivity (Wildman–Crippen MR) is 107 cm³/mol. The second-order valence-electron chi connectivity index (χ2n) is 6.53. The number of esters is 1. The number of carbonyl (C=O) groups is 2. The van der Waals surface area contributed by atoms with Crippen molar-refractivity contribution in [1.82, 2.24) is 4.72 Å². The highest BCUT2D eigenvalue weighted by molar-refractivity contribution is 7.89. The second-order valence-corrected chi connectivity index (χ2v) is 8.25. The number of carbonyl (C=O) groups excluding carboxylic acids is 2. The van der Waals surface area contributed by atoms with E-state index < -0.39 is 28.0 Å². The van der Waals surface area contributed by atoms with Gasteiger partial charge in [-0.05, 0) is 57.2 Å². The molecule has 8 nitrogen and oxygen atoms in total. The third-order valence-corrected chi connectivity index (χ3v) is 5.34. The summed E-state index contributed by atoms with van der Waals surface area (Å²) < 4.78 is 32.1. The van der Waals surface area contributed by atoms with Gasteiger partial charge in [-0.2, -0.15) is 5.26 Å². The summed E-state index contributed by atoms with van der Waals surface area (Å²) in [6.45, 7) is 4.76. The number of nitriles is 1. The van der Waals surface area contributed by atoms with E-state index in [9.17, 15) is 18.0 Å². The van der Waals surface area contributed by atoms with Crippen molar-refractivity contribution in [3.8, 4) is 6.07 Å². The van der Waals surface area contributed by atoms with Crippen molar-refractivity contribution in [1.29, 1.82) is 5.26 Å².